The summed E-state index contributed by atoms with van der Waals surface area (Å²) in [6, 6.07) is 6.01. The standard InChI is InChI=1S/C21H22N2O5S/c1-3-13-7-9-16-17(12-13)29-20(19(16)21(25)28-2)22-18(24)10-8-14-5-4-6-15(11-14)23(26)27/h4-6,8,10-11,13H,3,7,9,12H2,1-2H3,(H,22,24). The van der Waals surface area contributed by atoms with E-state index in [9.17, 15) is 19.7 Å². The number of nitro groups is 1. The minimum absolute atomic E-state index is 0.0445. The van der Waals surface area contributed by atoms with Crippen molar-refractivity contribution in [1.82, 2.24) is 0 Å². The van der Waals surface area contributed by atoms with E-state index in [1.165, 1.54) is 42.7 Å². The average molecular weight is 414 g/mol. The molecule has 1 aliphatic rings. The minimum Gasteiger partial charge on any atom is -0.465 e. The van der Waals surface area contributed by atoms with Gasteiger partial charge in [0.1, 0.15) is 5.00 Å². The number of amides is 1. The molecule has 0 spiro atoms. The van der Waals surface area contributed by atoms with Crippen molar-refractivity contribution < 1.29 is 19.2 Å². The molecule has 152 valence electrons. The molecule has 8 heteroatoms. The number of esters is 1. The van der Waals surface area contributed by atoms with Crippen LogP contribution in [0.4, 0.5) is 10.7 Å². The van der Waals surface area contributed by atoms with Crippen molar-refractivity contribution in [3.8, 4) is 0 Å². The molecular weight excluding hydrogens is 392 g/mol. The van der Waals surface area contributed by atoms with Crippen molar-refractivity contribution in [2.24, 2.45) is 5.92 Å². The quantitative estimate of drug-likeness (QED) is 0.322. The molecule has 1 N–H and O–H groups in total. The molecule has 0 fully saturated rings. The number of nitrogens with zero attached hydrogens (tertiary/aromatic N) is 1. The van der Waals surface area contributed by atoms with Gasteiger partial charge in [-0.3, -0.25) is 14.9 Å². The van der Waals surface area contributed by atoms with Gasteiger partial charge in [-0.2, -0.15) is 0 Å². The van der Waals surface area contributed by atoms with Gasteiger partial charge in [0, 0.05) is 23.1 Å². The largest absolute Gasteiger partial charge is 0.465 e. The van der Waals surface area contributed by atoms with E-state index >= 15 is 0 Å². The van der Waals surface area contributed by atoms with E-state index in [-0.39, 0.29) is 5.69 Å². The van der Waals surface area contributed by atoms with Gasteiger partial charge in [0.15, 0.2) is 0 Å². The molecule has 7 nitrogen and oxygen atoms in total. The average Bonchev–Trinajstić information content (AvgIpc) is 3.08. The second kappa shape index (κ2) is 9.00. The summed E-state index contributed by atoms with van der Waals surface area (Å²) >= 11 is 1.43. The van der Waals surface area contributed by atoms with Gasteiger partial charge in [-0.05, 0) is 42.4 Å². The zero-order valence-corrected chi connectivity index (χ0v) is 17.1. The van der Waals surface area contributed by atoms with Crippen LogP contribution in [0.2, 0.25) is 0 Å². The first-order valence-corrected chi connectivity index (χ1v) is 10.2. The monoisotopic (exact) mass is 414 g/mol. The summed E-state index contributed by atoms with van der Waals surface area (Å²) < 4.78 is 4.94. The van der Waals surface area contributed by atoms with E-state index < -0.39 is 16.8 Å². The van der Waals surface area contributed by atoms with Gasteiger partial charge in [-0.25, -0.2) is 4.79 Å². The smallest absolute Gasteiger partial charge is 0.341 e. The molecule has 1 heterocycles. The summed E-state index contributed by atoms with van der Waals surface area (Å²) in [6.07, 6.45) is 6.60. The van der Waals surface area contributed by atoms with Gasteiger partial charge in [0.2, 0.25) is 5.91 Å². The maximum Gasteiger partial charge on any atom is 0.341 e. The number of benzene rings is 1. The Balaban J connectivity index is 1.81. The summed E-state index contributed by atoms with van der Waals surface area (Å²) in [6.45, 7) is 2.16. The predicted molar refractivity (Wildman–Crippen MR) is 112 cm³/mol. The third-order valence-electron chi connectivity index (χ3n) is 5.08. The Morgan fingerprint density at radius 2 is 2.21 bits per heavy atom. The fourth-order valence-corrected chi connectivity index (χ4v) is 4.83. The topological polar surface area (TPSA) is 98.5 Å². The molecule has 1 aliphatic carbocycles. The number of methoxy groups -OCH3 is 1. The van der Waals surface area contributed by atoms with Gasteiger partial charge in [-0.1, -0.05) is 25.5 Å². The molecule has 1 unspecified atom stereocenters. The van der Waals surface area contributed by atoms with E-state index in [4.69, 9.17) is 4.74 Å². The van der Waals surface area contributed by atoms with Crippen LogP contribution in [-0.2, 0) is 22.4 Å². The number of hydrogen-bond donors (Lipinski definition) is 1. The number of ether oxygens (including phenoxy) is 1. The third-order valence-corrected chi connectivity index (χ3v) is 6.25. The van der Waals surface area contributed by atoms with Gasteiger partial charge >= 0.3 is 5.97 Å². The Hall–Kier alpha value is -3.00. The first-order valence-electron chi connectivity index (χ1n) is 9.39. The lowest BCUT2D eigenvalue weighted by Crippen LogP contribution is -2.15. The summed E-state index contributed by atoms with van der Waals surface area (Å²) in [7, 11) is 1.33. The first kappa shape index (κ1) is 20.7. The molecule has 0 aliphatic heterocycles. The van der Waals surface area contributed by atoms with E-state index in [2.05, 4.69) is 12.2 Å². The van der Waals surface area contributed by atoms with Crippen LogP contribution in [0.1, 0.15) is 46.1 Å². The molecule has 0 radical (unpaired) electrons. The highest BCUT2D eigenvalue weighted by Gasteiger charge is 2.29. The number of hydrogen-bond acceptors (Lipinski definition) is 6. The normalized spacial score (nSPS) is 15.7. The molecule has 1 amide bonds. The van der Waals surface area contributed by atoms with Crippen molar-refractivity contribution in [3.05, 3.63) is 62.0 Å². The summed E-state index contributed by atoms with van der Waals surface area (Å²) in [5.74, 6) is -0.272. The number of fused-ring (bicyclic) bond motifs is 1. The maximum absolute atomic E-state index is 12.4. The number of non-ortho nitro benzene ring substituents is 1. The number of anilines is 1. The third kappa shape index (κ3) is 4.71. The van der Waals surface area contributed by atoms with Crippen LogP contribution in [0, 0.1) is 16.0 Å². The van der Waals surface area contributed by atoms with Crippen molar-refractivity contribution in [2.75, 3.05) is 12.4 Å². The molecule has 2 aromatic rings. The number of thiophene rings is 1. The zero-order valence-electron chi connectivity index (χ0n) is 16.3. The van der Waals surface area contributed by atoms with Crippen LogP contribution in [-0.4, -0.2) is 23.9 Å². The fourth-order valence-electron chi connectivity index (χ4n) is 3.48. The molecule has 1 aromatic carbocycles. The first-order chi connectivity index (χ1) is 13.9. The molecule has 0 saturated heterocycles. The summed E-state index contributed by atoms with van der Waals surface area (Å²) in [5, 5.41) is 14.1. The highest BCUT2D eigenvalue weighted by molar-refractivity contribution is 7.17. The Morgan fingerprint density at radius 3 is 2.90 bits per heavy atom. The zero-order chi connectivity index (χ0) is 21.0. The van der Waals surface area contributed by atoms with Crippen molar-refractivity contribution in [3.63, 3.8) is 0 Å². The SMILES string of the molecule is CCC1CCc2c(sc(NC(=O)C=Cc3cccc([N+](=O)[O-])c3)c2C(=O)OC)C1. The molecule has 29 heavy (non-hydrogen) atoms. The van der Waals surface area contributed by atoms with Crippen LogP contribution in [0.3, 0.4) is 0 Å². The van der Waals surface area contributed by atoms with Crippen molar-refractivity contribution in [1.29, 1.82) is 0 Å². The number of carbonyl (C=O) groups is 2. The highest BCUT2D eigenvalue weighted by atomic mass is 32.1. The summed E-state index contributed by atoms with van der Waals surface area (Å²) in [4.78, 5) is 36.3. The Morgan fingerprint density at radius 1 is 1.41 bits per heavy atom. The lowest BCUT2D eigenvalue weighted by atomic mass is 9.86. The maximum atomic E-state index is 12.4. The van der Waals surface area contributed by atoms with Crippen LogP contribution in [0.15, 0.2) is 30.3 Å². The van der Waals surface area contributed by atoms with Crippen molar-refractivity contribution in [2.45, 2.75) is 32.6 Å². The molecule has 3 rings (SSSR count). The molecular formula is C21H22N2O5S. The second-order valence-electron chi connectivity index (χ2n) is 6.89. The van der Waals surface area contributed by atoms with Gasteiger partial charge in [0.05, 0.1) is 17.6 Å². The Labute approximate surface area is 172 Å². The fraction of sp³-hybridized carbons (Fsp3) is 0.333. The van der Waals surface area contributed by atoms with Gasteiger partial charge in [-0.15, -0.1) is 11.3 Å². The number of rotatable bonds is 6. The minimum atomic E-state index is -0.486. The number of nitrogens with one attached hydrogen (secondary N) is 1. The van der Waals surface area contributed by atoms with E-state index in [1.54, 1.807) is 12.1 Å². The number of carbonyl (C=O) groups excluding carboxylic acids is 2. The van der Waals surface area contributed by atoms with Crippen molar-refractivity contribution >= 4 is 40.0 Å². The highest BCUT2D eigenvalue weighted by Crippen LogP contribution is 2.40. The van der Waals surface area contributed by atoms with E-state index in [0.29, 0.717) is 22.0 Å². The van der Waals surface area contributed by atoms with Crippen LogP contribution in [0.5, 0.6) is 0 Å². The Bertz CT molecular complexity index is 979. The van der Waals surface area contributed by atoms with E-state index in [0.717, 1.165) is 36.1 Å². The van der Waals surface area contributed by atoms with Crippen LogP contribution >= 0.6 is 11.3 Å². The second-order valence-corrected chi connectivity index (χ2v) is 8.00. The predicted octanol–water partition coefficient (Wildman–Crippen LogP) is 4.61. The lowest BCUT2D eigenvalue weighted by molar-refractivity contribution is -0.384. The molecule has 0 bridgehead atoms. The summed E-state index contributed by atoms with van der Waals surface area (Å²) in [5.41, 5.74) is 1.92. The van der Waals surface area contributed by atoms with Gasteiger partial charge in [0.25, 0.3) is 5.69 Å². The Kier molecular flexibility index (Phi) is 6.43. The lowest BCUT2D eigenvalue weighted by Gasteiger charge is -2.20. The van der Waals surface area contributed by atoms with Gasteiger partial charge < -0.3 is 10.1 Å². The van der Waals surface area contributed by atoms with Crippen LogP contribution in [0.25, 0.3) is 6.08 Å². The van der Waals surface area contributed by atoms with Crippen LogP contribution < -0.4 is 5.32 Å². The van der Waals surface area contributed by atoms with E-state index in [1.807, 2.05) is 0 Å². The molecule has 0 saturated carbocycles. The molecule has 1 aromatic heterocycles. The number of nitro benzene ring substituents is 1. The molecule has 1 atom stereocenters.